The molecule has 1 fully saturated rings. The van der Waals surface area contributed by atoms with E-state index in [4.69, 9.17) is 23.2 Å². The number of amides is 1. The number of nitrogens with one attached hydrogen (secondary N) is 1. The molecule has 1 atom stereocenters. The minimum absolute atomic E-state index is 0.0307. The van der Waals surface area contributed by atoms with Crippen molar-refractivity contribution in [3.63, 3.8) is 0 Å². The van der Waals surface area contributed by atoms with Gasteiger partial charge in [-0.3, -0.25) is 9.52 Å². The third-order valence-electron chi connectivity index (χ3n) is 4.56. The molecule has 0 bridgehead atoms. The maximum atomic E-state index is 11.9. The van der Waals surface area contributed by atoms with Gasteiger partial charge in [0.1, 0.15) is 5.75 Å². The fourth-order valence-corrected chi connectivity index (χ4v) is 4.29. The number of halogens is 2. The van der Waals surface area contributed by atoms with Crippen molar-refractivity contribution in [2.75, 3.05) is 13.1 Å². The molecule has 1 aromatic carbocycles. The van der Waals surface area contributed by atoms with Crippen molar-refractivity contribution in [1.29, 1.82) is 0 Å². The summed E-state index contributed by atoms with van der Waals surface area (Å²) >= 11 is 13.9. The van der Waals surface area contributed by atoms with Crippen LogP contribution in [0.4, 0.5) is 0 Å². The van der Waals surface area contributed by atoms with Gasteiger partial charge in [0.2, 0.25) is 5.91 Å². The molecule has 0 aromatic heterocycles. The Balaban J connectivity index is 2.22. The van der Waals surface area contributed by atoms with Crippen LogP contribution in [0, 0.1) is 5.92 Å². The summed E-state index contributed by atoms with van der Waals surface area (Å²) in [6, 6.07) is 3.20. The lowest BCUT2D eigenvalue weighted by Gasteiger charge is -2.37. The zero-order chi connectivity index (χ0) is 19.5. The second-order valence-corrected chi connectivity index (χ2v) is 10.2. The molecule has 1 aliphatic heterocycles. The molecular formula is C19H28Cl2N2O2S. The van der Waals surface area contributed by atoms with Gasteiger partial charge in [-0.1, -0.05) is 42.1 Å². The summed E-state index contributed by atoms with van der Waals surface area (Å²) in [4.78, 5) is 13.9. The van der Waals surface area contributed by atoms with E-state index >= 15 is 0 Å². The van der Waals surface area contributed by atoms with Crippen LogP contribution in [0.15, 0.2) is 12.1 Å². The summed E-state index contributed by atoms with van der Waals surface area (Å²) in [7, 11) is 0. The van der Waals surface area contributed by atoms with Crippen LogP contribution in [0.2, 0.25) is 10.0 Å². The molecule has 1 saturated heterocycles. The van der Waals surface area contributed by atoms with E-state index in [0.717, 1.165) is 31.5 Å². The number of phenolic OH excluding ortho intramolecular Hbond substituents is 1. The van der Waals surface area contributed by atoms with Crippen molar-refractivity contribution in [2.45, 2.75) is 57.7 Å². The Morgan fingerprint density at radius 3 is 2.42 bits per heavy atom. The van der Waals surface area contributed by atoms with Gasteiger partial charge in [-0.25, -0.2) is 0 Å². The van der Waals surface area contributed by atoms with Gasteiger partial charge in [-0.2, -0.15) is 0 Å². The van der Waals surface area contributed by atoms with Gasteiger partial charge in [-0.05, 0) is 45.6 Å². The molecular weight excluding hydrogens is 391 g/mol. The highest BCUT2D eigenvalue weighted by Crippen LogP contribution is 2.41. The number of likely N-dealkylation sites (tertiary alicyclic amines) is 1. The molecule has 7 heteroatoms. The third-order valence-corrected chi connectivity index (χ3v) is 6.27. The van der Waals surface area contributed by atoms with Crippen LogP contribution in [0.3, 0.4) is 0 Å². The molecule has 1 unspecified atom stereocenters. The average Bonchev–Trinajstić information content (AvgIpc) is 2.58. The molecule has 1 aliphatic rings. The van der Waals surface area contributed by atoms with E-state index in [9.17, 15) is 9.90 Å². The normalized spacial score (nSPS) is 17.4. The third kappa shape index (κ3) is 5.69. The molecule has 0 aliphatic carbocycles. The monoisotopic (exact) mass is 418 g/mol. The largest absolute Gasteiger partial charge is 0.508 e. The summed E-state index contributed by atoms with van der Waals surface area (Å²) in [6.45, 7) is 9.80. The Labute approximate surface area is 170 Å². The fraction of sp³-hybridized carbons (Fsp3) is 0.632. The minimum Gasteiger partial charge on any atom is -0.508 e. The van der Waals surface area contributed by atoms with Gasteiger partial charge in [-0.15, -0.1) is 0 Å². The van der Waals surface area contributed by atoms with Gasteiger partial charge in [0.25, 0.3) is 0 Å². The average molecular weight is 419 g/mol. The molecule has 2 rings (SSSR count). The number of rotatable bonds is 5. The van der Waals surface area contributed by atoms with Crippen molar-refractivity contribution in [1.82, 2.24) is 9.62 Å². The van der Waals surface area contributed by atoms with Crippen molar-refractivity contribution >= 4 is 41.1 Å². The SMILES string of the molecule is CCC(=O)N1CCC(C(NSC(C)(C)C)c2cc(Cl)c(Cl)cc2O)CC1. The highest BCUT2D eigenvalue weighted by molar-refractivity contribution is 7.98. The number of carbonyl (C=O) groups is 1. The molecule has 26 heavy (non-hydrogen) atoms. The van der Waals surface area contributed by atoms with Gasteiger partial charge < -0.3 is 10.0 Å². The smallest absolute Gasteiger partial charge is 0.222 e. The Morgan fingerprint density at radius 2 is 1.88 bits per heavy atom. The zero-order valence-corrected chi connectivity index (χ0v) is 18.1. The lowest BCUT2D eigenvalue weighted by molar-refractivity contribution is -0.132. The van der Waals surface area contributed by atoms with E-state index in [1.165, 1.54) is 6.07 Å². The number of carbonyl (C=O) groups excluding carboxylic acids is 1. The fourth-order valence-electron chi connectivity index (χ4n) is 3.16. The lowest BCUT2D eigenvalue weighted by atomic mass is 9.85. The first-order valence-electron chi connectivity index (χ1n) is 9.01. The van der Waals surface area contributed by atoms with Crippen LogP contribution in [0.25, 0.3) is 0 Å². The van der Waals surface area contributed by atoms with E-state index in [1.54, 1.807) is 18.0 Å². The molecule has 4 nitrogen and oxygen atoms in total. The topological polar surface area (TPSA) is 52.6 Å². The van der Waals surface area contributed by atoms with Gasteiger partial charge in [0.05, 0.1) is 10.0 Å². The van der Waals surface area contributed by atoms with Gasteiger partial charge >= 0.3 is 0 Å². The van der Waals surface area contributed by atoms with Crippen molar-refractivity contribution in [3.05, 3.63) is 27.7 Å². The standard InChI is InChI=1S/C19H28Cl2N2O2S/c1-5-17(25)23-8-6-12(7-9-23)18(22-26-19(2,3)4)13-10-14(20)15(21)11-16(13)24/h10-12,18,22,24H,5-9H2,1-4H3. The summed E-state index contributed by atoms with van der Waals surface area (Å²) < 4.78 is 3.57. The van der Waals surface area contributed by atoms with E-state index in [0.29, 0.717) is 22.4 Å². The number of nitrogens with zero attached hydrogens (tertiary/aromatic N) is 1. The highest BCUT2D eigenvalue weighted by atomic mass is 35.5. The Hall–Kier alpha value is -0.620. The summed E-state index contributed by atoms with van der Waals surface area (Å²) in [5.74, 6) is 0.654. The van der Waals surface area contributed by atoms with Crippen LogP contribution < -0.4 is 4.72 Å². The lowest BCUT2D eigenvalue weighted by Crippen LogP contribution is -2.41. The number of hydrogen-bond donors (Lipinski definition) is 2. The highest BCUT2D eigenvalue weighted by Gasteiger charge is 2.32. The molecule has 1 heterocycles. The molecule has 2 N–H and O–H groups in total. The number of phenols is 1. The summed E-state index contributed by atoms with van der Waals surface area (Å²) in [5, 5.41) is 11.2. The van der Waals surface area contributed by atoms with Gasteiger partial charge in [0, 0.05) is 41.9 Å². The Kier molecular flexibility index (Phi) is 7.54. The second-order valence-electron chi connectivity index (χ2n) is 7.71. The van der Waals surface area contributed by atoms with Crippen LogP contribution in [0.5, 0.6) is 5.75 Å². The van der Waals surface area contributed by atoms with Crippen LogP contribution >= 0.6 is 35.1 Å². The summed E-state index contributed by atoms with van der Waals surface area (Å²) in [6.07, 6.45) is 2.31. The molecule has 0 radical (unpaired) electrons. The molecule has 1 aromatic rings. The second kappa shape index (κ2) is 9.05. The molecule has 1 amide bonds. The number of piperidine rings is 1. The predicted octanol–water partition coefficient (Wildman–Crippen LogP) is 5.43. The molecule has 146 valence electrons. The summed E-state index contributed by atoms with van der Waals surface area (Å²) in [5.41, 5.74) is 0.761. The maximum absolute atomic E-state index is 11.9. The predicted molar refractivity (Wildman–Crippen MR) is 111 cm³/mol. The Bertz CT molecular complexity index is 641. The van der Waals surface area contributed by atoms with E-state index in [2.05, 4.69) is 25.5 Å². The first kappa shape index (κ1) is 21.7. The van der Waals surface area contributed by atoms with Crippen LogP contribution in [-0.4, -0.2) is 33.8 Å². The van der Waals surface area contributed by atoms with Crippen LogP contribution in [-0.2, 0) is 4.79 Å². The van der Waals surface area contributed by atoms with Gasteiger partial charge in [0.15, 0.2) is 0 Å². The Morgan fingerprint density at radius 1 is 1.31 bits per heavy atom. The van der Waals surface area contributed by atoms with E-state index in [-0.39, 0.29) is 22.4 Å². The van der Waals surface area contributed by atoms with Crippen molar-refractivity contribution in [2.24, 2.45) is 5.92 Å². The van der Waals surface area contributed by atoms with E-state index < -0.39 is 0 Å². The zero-order valence-electron chi connectivity index (χ0n) is 15.8. The van der Waals surface area contributed by atoms with Crippen molar-refractivity contribution < 1.29 is 9.90 Å². The van der Waals surface area contributed by atoms with E-state index in [1.807, 2.05) is 11.8 Å². The van der Waals surface area contributed by atoms with Crippen LogP contribution in [0.1, 0.15) is 58.6 Å². The first-order chi connectivity index (χ1) is 12.1. The number of hydrogen-bond acceptors (Lipinski definition) is 4. The van der Waals surface area contributed by atoms with Crippen molar-refractivity contribution in [3.8, 4) is 5.75 Å². The molecule has 0 spiro atoms. The number of aromatic hydroxyl groups is 1. The maximum Gasteiger partial charge on any atom is 0.222 e. The quantitative estimate of drug-likeness (QED) is 0.626. The number of benzene rings is 1. The first-order valence-corrected chi connectivity index (χ1v) is 10.6. The molecule has 0 saturated carbocycles. The minimum atomic E-state index is -0.0622.